The zero-order chi connectivity index (χ0) is 12.5. The Morgan fingerprint density at radius 3 is 2.67 bits per heavy atom. The van der Waals surface area contributed by atoms with Crippen LogP contribution in [-0.4, -0.2) is 13.5 Å². The normalized spacial score (nSPS) is 12.8. The highest BCUT2D eigenvalue weighted by Gasteiger charge is 2.17. The molecule has 0 spiro atoms. The molecule has 0 radical (unpaired) electrons. The first-order chi connectivity index (χ1) is 8.77. The van der Waals surface area contributed by atoms with Crippen LogP contribution in [0.15, 0.2) is 59.8 Å². The average molecular weight is 277 g/mol. The molecule has 5 heteroatoms. The van der Waals surface area contributed by atoms with E-state index in [4.69, 9.17) is 11.6 Å². The summed E-state index contributed by atoms with van der Waals surface area (Å²) >= 11 is 4.77. The average Bonchev–Trinajstić information content (AvgIpc) is 2.84. The van der Waals surface area contributed by atoms with Crippen LogP contribution in [0.1, 0.15) is 0 Å². The van der Waals surface area contributed by atoms with E-state index in [1.807, 2.05) is 36.4 Å². The third kappa shape index (κ3) is 1.88. The number of nitrogens with zero attached hydrogens (tertiary/aromatic N) is 2. The molecule has 0 fully saturated rings. The number of pyridine rings is 1. The predicted octanol–water partition coefficient (Wildman–Crippen LogP) is 3.26. The van der Waals surface area contributed by atoms with E-state index in [0.717, 1.165) is 10.3 Å². The first-order valence-electron chi connectivity index (χ1n) is 5.36. The fraction of sp³-hybridized carbons (Fsp3) is 0. The Bertz CT molecular complexity index is 684. The minimum atomic E-state index is -1.30. The Hall–Kier alpha value is -1.49. The molecule has 18 heavy (non-hydrogen) atoms. The van der Waals surface area contributed by atoms with Gasteiger partial charge in [-0.15, -0.1) is 3.97 Å². The number of halogens is 1. The maximum Gasteiger partial charge on any atom is 0.188 e. The Labute approximate surface area is 112 Å². The molecule has 0 aliphatic rings. The third-order valence-corrected chi connectivity index (χ3v) is 4.28. The summed E-state index contributed by atoms with van der Waals surface area (Å²) in [5.41, 5.74) is 0.629. The van der Waals surface area contributed by atoms with E-state index in [2.05, 4.69) is 4.98 Å². The van der Waals surface area contributed by atoms with Crippen LogP contribution in [0.25, 0.3) is 11.0 Å². The van der Waals surface area contributed by atoms with E-state index in [1.165, 1.54) is 0 Å². The predicted molar refractivity (Wildman–Crippen MR) is 73.0 cm³/mol. The lowest BCUT2D eigenvalue weighted by atomic mass is 10.3. The van der Waals surface area contributed by atoms with Gasteiger partial charge in [0.15, 0.2) is 10.5 Å². The summed E-state index contributed by atoms with van der Waals surface area (Å²) in [7, 11) is 0. The van der Waals surface area contributed by atoms with Crippen LogP contribution >= 0.6 is 11.6 Å². The second-order valence-corrected chi connectivity index (χ2v) is 5.50. The molecule has 3 nitrogen and oxygen atoms in total. The molecule has 2 aromatic heterocycles. The molecule has 1 aromatic carbocycles. The number of hydrogen-bond donors (Lipinski definition) is 0. The van der Waals surface area contributed by atoms with Crippen molar-refractivity contribution in [2.75, 3.05) is 0 Å². The van der Waals surface area contributed by atoms with Crippen molar-refractivity contribution in [2.24, 2.45) is 0 Å². The number of benzene rings is 1. The number of hydrogen-bond acceptors (Lipinski definition) is 2. The lowest BCUT2D eigenvalue weighted by Crippen LogP contribution is -2.12. The molecule has 0 saturated heterocycles. The molecule has 3 aromatic rings. The van der Waals surface area contributed by atoms with Gasteiger partial charge in [-0.3, -0.25) is 0 Å². The van der Waals surface area contributed by atoms with E-state index in [9.17, 15) is 4.55 Å². The zero-order valence-corrected chi connectivity index (χ0v) is 10.9. The highest BCUT2D eigenvalue weighted by molar-refractivity contribution is 7.90. The van der Waals surface area contributed by atoms with E-state index < -0.39 is 11.4 Å². The minimum Gasteiger partial charge on any atom is -0.587 e. The highest BCUT2D eigenvalue weighted by atomic mass is 35.5. The van der Waals surface area contributed by atoms with Crippen LogP contribution in [0.5, 0.6) is 0 Å². The topological polar surface area (TPSA) is 40.9 Å². The minimum absolute atomic E-state index is 0.615. The molecule has 90 valence electrons. The molecular formula is C13H9ClN2OS. The molecule has 1 unspecified atom stereocenters. The second kappa shape index (κ2) is 4.65. The van der Waals surface area contributed by atoms with Gasteiger partial charge >= 0.3 is 0 Å². The van der Waals surface area contributed by atoms with Crippen molar-refractivity contribution in [3.8, 4) is 0 Å². The quantitative estimate of drug-likeness (QED) is 0.674. The van der Waals surface area contributed by atoms with E-state index in [-0.39, 0.29) is 0 Å². The lowest BCUT2D eigenvalue weighted by molar-refractivity contribution is 0.587. The molecule has 3 rings (SSSR count). The van der Waals surface area contributed by atoms with Crippen molar-refractivity contribution in [2.45, 2.75) is 4.90 Å². The Morgan fingerprint density at radius 2 is 1.89 bits per heavy atom. The van der Waals surface area contributed by atoms with E-state index >= 15 is 0 Å². The van der Waals surface area contributed by atoms with Crippen molar-refractivity contribution in [1.82, 2.24) is 8.96 Å². The van der Waals surface area contributed by atoms with Gasteiger partial charge in [0.25, 0.3) is 0 Å². The molecule has 1 atom stereocenters. The van der Waals surface area contributed by atoms with Crippen LogP contribution in [0.2, 0.25) is 5.02 Å². The summed E-state index contributed by atoms with van der Waals surface area (Å²) < 4.78 is 14.0. The van der Waals surface area contributed by atoms with Crippen molar-refractivity contribution in [3.63, 3.8) is 0 Å². The summed E-state index contributed by atoms with van der Waals surface area (Å²) in [4.78, 5) is 4.97. The maximum absolute atomic E-state index is 12.4. The molecule has 0 aliphatic heterocycles. The van der Waals surface area contributed by atoms with Gasteiger partial charge in [-0.25, -0.2) is 4.98 Å². The van der Waals surface area contributed by atoms with Crippen LogP contribution in [0.4, 0.5) is 0 Å². The first kappa shape index (κ1) is 11.6. The summed E-state index contributed by atoms with van der Waals surface area (Å²) in [6.07, 6.45) is 3.36. The fourth-order valence-electron chi connectivity index (χ4n) is 1.77. The van der Waals surface area contributed by atoms with Crippen molar-refractivity contribution >= 4 is 34.0 Å². The second-order valence-electron chi connectivity index (χ2n) is 3.73. The van der Waals surface area contributed by atoms with Gasteiger partial charge in [0.1, 0.15) is 11.4 Å². The van der Waals surface area contributed by atoms with Gasteiger partial charge < -0.3 is 4.55 Å². The summed E-state index contributed by atoms with van der Waals surface area (Å²) in [5.74, 6) is 0. The lowest BCUT2D eigenvalue weighted by Gasteiger charge is -2.10. The van der Waals surface area contributed by atoms with Gasteiger partial charge in [-0.05, 0) is 24.3 Å². The number of aromatic nitrogens is 2. The van der Waals surface area contributed by atoms with Gasteiger partial charge in [0.05, 0.1) is 11.2 Å². The summed E-state index contributed by atoms with van der Waals surface area (Å²) in [6, 6.07) is 12.8. The molecule has 0 saturated carbocycles. The fourth-order valence-corrected chi connectivity index (χ4v) is 3.06. The Kier molecular flexibility index (Phi) is 2.99. The van der Waals surface area contributed by atoms with E-state index in [0.29, 0.717) is 10.7 Å². The van der Waals surface area contributed by atoms with Gasteiger partial charge in [-0.1, -0.05) is 29.8 Å². The smallest absolute Gasteiger partial charge is 0.188 e. The zero-order valence-electron chi connectivity index (χ0n) is 9.29. The Morgan fingerprint density at radius 1 is 1.11 bits per heavy atom. The van der Waals surface area contributed by atoms with Crippen LogP contribution < -0.4 is 0 Å². The molecule has 0 bridgehead atoms. The molecule has 0 amide bonds. The Balaban J connectivity index is 2.13. The van der Waals surface area contributed by atoms with E-state index in [1.54, 1.807) is 22.4 Å². The number of fused-ring (bicyclic) bond motifs is 1. The van der Waals surface area contributed by atoms with Gasteiger partial charge in [0.2, 0.25) is 0 Å². The summed E-state index contributed by atoms with van der Waals surface area (Å²) in [6.45, 7) is 0. The van der Waals surface area contributed by atoms with Crippen molar-refractivity contribution in [3.05, 3.63) is 59.9 Å². The summed E-state index contributed by atoms with van der Waals surface area (Å²) in [5, 5.41) is 1.42. The first-order valence-corrected chi connectivity index (χ1v) is 6.85. The standard InChI is InChI=1S/C13H9ClN2OS/c14-12-6-8-15-13-11(12)7-9-16(13)18(17)10-4-2-1-3-5-10/h1-9H. The van der Waals surface area contributed by atoms with Gasteiger partial charge in [-0.2, -0.15) is 0 Å². The maximum atomic E-state index is 12.4. The SMILES string of the molecule is [O-][S+](c1ccccc1)n1ccc2c(Cl)ccnc21. The van der Waals surface area contributed by atoms with Crippen LogP contribution in [-0.2, 0) is 11.4 Å². The van der Waals surface area contributed by atoms with Crippen molar-refractivity contribution < 1.29 is 4.55 Å². The monoisotopic (exact) mass is 276 g/mol. The van der Waals surface area contributed by atoms with Gasteiger partial charge in [0, 0.05) is 11.6 Å². The van der Waals surface area contributed by atoms with Crippen LogP contribution in [0.3, 0.4) is 0 Å². The molecule has 2 heterocycles. The highest BCUT2D eigenvalue weighted by Crippen LogP contribution is 2.25. The molecule has 0 N–H and O–H groups in total. The third-order valence-electron chi connectivity index (χ3n) is 2.62. The van der Waals surface area contributed by atoms with Crippen molar-refractivity contribution in [1.29, 1.82) is 0 Å². The largest absolute Gasteiger partial charge is 0.587 e. The number of rotatable bonds is 2. The molecular weight excluding hydrogens is 268 g/mol. The van der Waals surface area contributed by atoms with Crippen LogP contribution in [0, 0.1) is 0 Å². The molecule has 0 aliphatic carbocycles.